The molecule has 0 aromatic carbocycles. The molecule has 1 aromatic rings. The van der Waals surface area contributed by atoms with Gasteiger partial charge in [-0.25, -0.2) is 4.68 Å². The highest BCUT2D eigenvalue weighted by Crippen LogP contribution is 2.37. The lowest BCUT2D eigenvalue weighted by molar-refractivity contribution is -0.0964. The van der Waals surface area contributed by atoms with E-state index in [1.807, 2.05) is 17.8 Å². The normalized spacial score (nSPS) is 34.0. The number of hydrogen-bond donors (Lipinski definition) is 0. The Morgan fingerprint density at radius 1 is 1.56 bits per heavy atom. The number of alkyl halides is 1. The van der Waals surface area contributed by atoms with E-state index >= 15 is 0 Å². The molecule has 100 valence electrons. The van der Waals surface area contributed by atoms with E-state index < -0.39 is 0 Å². The van der Waals surface area contributed by atoms with Gasteiger partial charge < -0.3 is 9.47 Å². The third-order valence-electron chi connectivity index (χ3n) is 3.84. The summed E-state index contributed by atoms with van der Waals surface area (Å²) < 4.78 is 13.3. The number of aromatic nitrogens is 3. The number of rotatable bonds is 2. The van der Waals surface area contributed by atoms with Gasteiger partial charge in [0.05, 0.1) is 29.8 Å². The SMILES string of the molecule is CC(Cl)c1cn(C2CCOC3(CCOC3)C2)nn1. The summed E-state index contributed by atoms with van der Waals surface area (Å²) in [4.78, 5) is 0. The number of nitrogens with zero attached hydrogens (tertiary/aromatic N) is 3. The Bertz CT molecular complexity index is 415. The first-order chi connectivity index (χ1) is 8.69. The molecule has 0 radical (unpaired) electrons. The second-order valence-corrected chi connectivity index (χ2v) is 5.87. The van der Waals surface area contributed by atoms with Gasteiger partial charge >= 0.3 is 0 Å². The van der Waals surface area contributed by atoms with Crippen molar-refractivity contribution in [3.8, 4) is 0 Å². The van der Waals surface area contributed by atoms with Crippen LogP contribution in [0.15, 0.2) is 6.20 Å². The first-order valence-electron chi connectivity index (χ1n) is 6.46. The van der Waals surface area contributed by atoms with Gasteiger partial charge in [0.2, 0.25) is 0 Å². The van der Waals surface area contributed by atoms with Crippen LogP contribution in [0.5, 0.6) is 0 Å². The van der Waals surface area contributed by atoms with Crippen LogP contribution in [0.2, 0.25) is 0 Å². The highest BCUT2D eigenvalue weighted by atomic mass is 35.5. The van der Waals surface area contributed by atoms with Crippen LogP contribution in [-0.4, -0.2) is 40.4 Å². The molecule has 1 aromatic heterocycles. The zero-order chi connectivity index (χ0) is 12.6. The van der Waals surface area contributed by atoms with Gasteiger partial charge in [0, 0.05) is 26.1 Å². The first-order valence-corrected chi connectivity index (χ1v) is 6.90. The van der Waals surface area contributed by atoms with Gasteiger partial charge in [-0.1, -0.05) is 5.21 Å². The molecular formula is C12H18ClN3O2. The Morgan fingerprint density at radius 2 is 2.44 bits per heavy atom. The molecule has 3 unspecified atom stereocenters. The molecule has 3 rings (SSSR count). The van der Waals surface area contributed by atoms with Crippen molar-refractivity contribution in [2.24, 2.45) is 0 Å². The van der Waals surface area contributed by atoms with E-state index in [-0.39, 0.29) is 11.0 Å². The van der Waals surface area contributed by atoms with Crippen LogP contribution in [0.4, 0.5) is 0 Å². The van der Waals surface area contributed by atoms with Crippen LogP contribution < -0.4 is 0 Å². The van der Waals surface area contributed by atoms with Gasteiger partial charge in [0.1, 0.15) is 5.69 Å². The van der Waals surface area contributed by atoms with Crippen LogP contribution in [0.3, 0.4) is 0 Å². The standard InChI is InChI=1S/C12H18ClN3O2/c1-9(13)11-7-16(15-14-11)10-2-4-18-12(6-10)3-5-17-8-12/h7,9-10H,2-6,8H2,1H3. The van der Waals surface area contributed by atoms with Crippen molar-refractivity contribution in [1.82, 2.24) is 15.0 Å². The molecule has 2 fully saturated rings. The van der Waals surface area contributed by atoms with Crippen molar-refractivity contribution in [3.63, 3.8) is 0 Å². The first kappa shape index (κ1) is 12.4. The molecule has 0 saturated carbocycles. The second kappa shape index (κ2) is 4.79. The predicted octanol–water partition coefficient (Wildman–Crippen LogP) is 2.09. The Balaban J connectivity index is 1.75. The lowest BCUT2D eigenvalue weighted by Crippen LogP contribution is -2.41. The maximum Gasteiger partial charge on any atom is 0.100 e. The topological polar surface area (TPSA) is 49.2 Å². The molecule has 6 heteroatoms. The van der Waals surface area contributed by atoms with E-state index in [1.54, 1.807) is 0 Å². The second-order valence-electron chi connectivity index (χ2n) is 5.22. The van der Waals surface area contributed by atoms with Gasteiger partial charge in [0.15, 0.2) is 0 Å². The summed E-state index contributed by atoms with van der Waals surface area (Å²) in [6.45, 7) is 4.18. The van der Waals surface area contributed by atoms with Gasteiger partial charge in [-0.15, -0.1) is 16.7 Å². The summed E-state index contributed by atoms with van der Waals surface area (Å²) in [6.07, 6.45) is 4.86. The maximum atomic E-state index is 6.02. The quantitative estimate of drug-likeness (QED) is 0.773. The average Bonchev–Trinajstić information content (AvgIpc) is 2.98. The summed E-state index contributed by atoms with van der Waals surface area (Å²) in [6, 6.07) is 0.345. The summed E-state index contributed by atoms with van der Waals surface area (Å²) >= 11 is 6.02. The molecule has 18 heavy (non-hydrogen) atoms. The van der Waals surface area contributed by atoms with E-state index in [4.69, 9.17) is 21.1 Å². The van der Waals surface area contributed by atoms with Crippen molar-refractivity contribution in [2.45, 2.75) is 43.2 Å². The van der Waals surface area contributed by atoms with Gasteiger partial charge in [0.25, 0.3) is 0 Å². The Labute approximate surface area is 111 Å². The van der Waals surface area contributed by atoms with Crippen LogP contribution in [0, 0.1) is 0 Å². The Kier molecular flexibility index (Phi) is 3.30. The van der Waals surface area contributed by atoms with E-state index in [1.165, 1.54) is 0 Å². The highest BCUT2D eigenvalue weighted by Gasteiger charge is 2.41. The van der Waals surface area contributed by atoms with Gasteiger partial charge in [-0.3, -0.25) is 0 Å². The summed E-state index contributed by atoms with van der Waals surface area (Å²) in [5.41, 5.74) is 0.738. The number of ether oxygens (including phenoxy) is 2. The minimum absolute atomic E-state index is 0.0950. The molecule has 1 spiro atoms. The fourth-order valence-corrected chi connectivity index (χ4v) is 2.84. The van der Waals surface area contributed by atoms with E-state index in [0.717, 1.165) is 38.2 Å². The van der Waals surface area contributed by atoms with Crippen molar-refractivity contribution in [1.29, 1.82) is 0 Å². The third-order valence-corrected chi connectivity index (χ3v) is 4.07. The van der Waals surface area contributed by atoms with Crippen molar-refractivity contribution in [3.05, 3.63) is 11.9 Å². The monoisotopic (exact) mass is 271 g/mol. The highest BCUT2D eigenvalue weighted by molar-refractivity contribution is 6.20. The smallest absolute Gasteiger partial charge is 0.100 e. The Morgan fingerprint density at radius 3 is 3.11 bits per heavy atom. The Hall–Kier alpha value is -0.650. The summed E-state index contributed by atoms with van der Waals surface area (Å²) in [5.74, 6) is 0. The van der Waals surface area contributed by atoms with Crippen LogP contribution in [0.1, 0.15) is 43.3 Å². The summed E-state index contributed by atoms with van der Waals surface area (Å²) in [5, 5.41) is 8.22. The molecule has 2 aliphatic rings. The minimum Gasteiger partial charge on any atom is -0.378 e. The van der Waals surface area contributed by atoms with Crippen molar-refractivity contribution < 1.29 is 9.47 Å². The van der Waals surface area contributed by atoms with Gasteiger partial charge in [-0.05, 0) is 13.3 Å². The van der Waals surface area contributed by atoms with E-state index in [9.17, 15) is 0 Å². The number of halogens is 1. The molecule has 2 aliphatic heterocycles. The molecule has 0 amide bonds. The lowest BCUT2D eigenvalue weighted by atomic mass is 9.90. The van der Waals surface area contributed by atoms with Gasteiger partial charge in [-0.2, -0.15) is 0 Å². The van der Waals surface area contributed by atoms with Crippen LogP contribution in [0.25, 0.3) is 0 Å². The zero-order valence-corrected chi connectivity index (χ0v) is 11.3. The molecular weight excluding hydrogens is 254 g/mol. The molecule has 0 aliphatic carbocycles. The van der Waals surface area contributed by atoms with Crippen molar-refractivity contribution >= 4 is 11.6 Å². The molecule has 0 N–H and O–H groups in total. The van der Waals surface area contributed by atoms with E-state index in [0.29, 0.717) is 12.6 Å². The number of hydrogen-bond acceptors (Lipinski definition) is 4. The predicted molar refractivity (Wildman–Crippen MR) is 66.7 cm³/mol. The molecule has 5 nitrogen and oxygen atoms in total. The zero-order valence-electron chi connectivity index (χ0n) is 10.5. The fraction of sp³-hybridized carbons (Fsp3) is 0.833. The largest absolute Gasteiger partial charge is 0.378 e. The van der Waals surface area contributed by atoms with Crippen LogP contribution >= 0.6 is 11.6 Å². The lowest BCUT2D eigenvalue weighted by Gasteiger charge is -2.36. The molecule has 0 bridgehead atoms. The fourth-order valence-electron chi connectivity index (χ4n) is 2.74. The molecule has 3 atom stereocenters. The minimum atomic E-state index is -0.0956. The molecule has 2 saturated heterocycles. The van der Waals surface area contributed by atoms with E-state index in [2.05, 4.69) is 10.3 Å². The average molecular weight is 272 g/mol. The summed E-state index contributed by atoms with van der Waals surface area (Å²) in [7, 11) is 0. The van der Waals surface area contributed by atoms with Crippen LogP contribution in [-0.2, 0) is 9.47 Å². The third kappa shape index (κ3) is 2.27. The maximum absolute atomic E-state index is 6.02. The molecule has 3 heterocycles. The van der Waals surface area contributed by atoms with Crippen molar-refractivity contribution in [2.75, 3.05) is 19.8 Å².